The molecule has 2 aromatic carbocycles. The molecule has 0 radical (unpaired) electrons. The molecule has 1 aromatic heterocycles. The molecule has 0 atom stereocenters. The van der Waals surface area contributed by atoms with Crippen LogP contribution >= 0.6 is 0 Å². The molecule has 0 aliphatic heterocycles. The first-order valence-corrected chi connectivity index (χ1v) is 10.3. The fourth-order valence-corrected chi connectivity index (χ4v) is 3.05. The maximum atomic E-state index is 12.1. The molecule has 1 N–H and O–H groups in total. The zero-order chi connectivity index (χ0) is 20.0. The van der Waals surface area contributed by atoms with Crippen molar-refractivity contribution in [2.24, 2.45) is 0 Å². The fourth-order valence-electron chi connectivity index (χ4n) is 2.67. The summed E-state index contributed by atoms with van der Waals surface area (Å²) in [6.07, 6.45) is 0.775. The molecular weight excluding hydrogens is 382 g/mol. The summed E-state index contributed by atoms with van der Waals surface area (Å²) in [6.45, 7) is -0.257. The summed E-state index contributed by atoms with van der Waals surface area (Å²) in [4.78, 5) is 12.1. The third-order valence-electron chi connectivity index (χ3n) is 3.85. The second-order valence-corrected chi connectivity index (χ2v) is 7.64. The Labute approximate surface area is 162 Å². The highest BCUT2D eigenvalue weighted by atomic mass is 32.2. The normalized spacial score (nSPS) is 11.5. The van der Waals surface area contributed by atoms with Crippen LogP contribution in [0.5, 0.6) is 0 Å². The van der Waals surface area contributed by atoms with E-state index in [2.05, 4.69) is 25.0 Å². The first kappa shape index (κ1) is 19.6. The highest BCUT2D eigenvalue weighted by Crippen LogP contribution is 2.27. The number of nitrogens with zero attached hydrogens (tertiary/aromatic N) is 4. The summed E-state index contributed by atoms with van der Waals surface area (Å²) in [5, 5.41) is 14.2. The Hall–Kier alpha value is -3.11. The van der Waals surface area contributed by atoms with Gasteiger partial charge in [0.1, 0.15) is 6.04 Å². The number of amides is 1. The van der Waals surface area contributed by atoms with Crippen molar-refractivity contribution < 1.29 is 17.4 Å². The number of nitrogens with one attached hydrogen (secondary N) is 1. The summed E-state index contributed by atoms with van der Waals surface area (Å²) in [7, 11) is -3.60. The van der Waals surface area contributed by atoms with Gasteiger partial charge in [-0.25, -0.2) is 0 Å². The van der Waals surface area contributed by atoms with E-state index in [4.69, 9.17) is 0 Å². The van der Waals surface area contributed by atoms with E-state index < -0.39 is 16.0 Å². The zero-order valence-electron chi connectivity index (χ0n) is 15.1. The molecule has 0 fully saturated rings. The molecule has 0 bridgehead atoms. The van der Waals surface area contributed by atoms with E-state index in [1.807, 2.05) is 60.7 Å². The smallest absolute Gasteiger partial charge is 0.264 e. The molecule has 9 nitrogen and oxygen atoms in total. The van der Waals surface area contributed by atoms with E-state index in [0.29, 0.717) is 0 Å². The molecule has 146 valence electrons. The van der Waals surface area contributed by atoms with Crippen molar-refractivity contribution in [1.29, 1.82) is 0 Å². The van der Waals surface area contributed by atoms with Crippen LogP contribution in [-0.2, 0) is 19.1 Å². The predicted octanol–water partition coefficient (Wildman–Crippen LogP) is 1.62. The standard InChI is InChI=1S/C18H19N5O4S/c1-28(25,26)27-13-12-16(24)19-18-20-21-22-23(18)17(14-8-4-2-5-9-14)15-10-6-3-7-11-15/h2-11,17H,12-13H2,1H3,(H,19,20,22,24). The Bertz CT molecular complexity index is 983. The Morgan fingerprint density at radius 2 is 1.64 bits per heavy atom. The number of hydrogen-bond acceptors (Lipinski definition) is 7. The summed E-state index contributed by atoms with van der Waals surface area (Å²) < 4.78 is 28.1. The molecule has 0 saturated carbocycles. The Balaban J connectivity index is 1.84. The predicted molar refractivity (Wildman–Crippen MR) is 102 cm³/mol. The third-order valence-corrected chi connectivity index (χ3v) is 4.44. The van der Waals surface area contributed by atoms with Gasteiger partial charge in [0.15, 0.2) is 0 Å². The van der Waals surface area contributed by atoms with Crippen molar-refractivity contribution in [2.45, 2.75) is 12.5 Å². The van der Waals surface area contributed by atoms with Gasteiger partial charge in [-0.1, -0.05) is 65.8 Å². The number of rotatable bonds is 8. The van der Waals surface area contributed by atoms with E-state index in [0.717, 1.165) is 17.4 Å². The molecular formula is C18H19N5O4S. The fraction of sp³-hybridized carbons (Fsp3) is 0.222. The van der Waals surface area contributed by atoms with Crippen molar-refractivity contribution in [3.8, 4) is 0 Å². The lowest BCUT2D eigenvalue weighted by Gasteiger charge is -2.19. The number of carbonyl (C=O) groups excluding carboxylic acids is 1. The summed E-state index contributed by atoms with van der Waals surface area (Å²) in [5.74, 6) is -0.304. The van der Waals surface area contributed by atoms with E-state index in [1.165, 1.54) is 4.68 Å². The van der Waals surface area contributed by atoms with Gasteiger partial charge in [-0.15, -0.1) is 0 Å². The van der Waals surface area contributed by atoms with E-state index in [9.17, 15) is 13.2 Å². The van der Waals surface area contributed by atoms with Gasteiger partial charge in [-0.05, 0) is 21.6 Å². The van der Waals surface area contributed by atoms with Crippen molar-refractivity contribution in [2.75, 3.05) is 18.2 Å². The van der Waals surface area contributed by atoms with Crippen LogP contribution in [0.2, 0.25) is 0 Å². The lowest BCUT2D eigenvalue weighted by Crippen LogP contribution is -2.22. The summed E-state index contributed by atoms with van der Waals surface area (Å²) in [6, 6.07) is 18.9. The number of carbonyl (C=O) groups is 1. The minimum atomic E-state index is -3.60. The van der Waals surface area contributed by atoms with E-state index in [-0.39, 0.29) is 25.0 Å². The van der Waals surface area contributed by atoms with Gasteiger partial charge in [-0.2, -0.15) is 13.1 Å². The summed E-state index contributed by atoms with van der Waals surface area (Å²) >= 11 is 0. The molecule has 1 amide bonds. The average Bonchev–Trinajstić information content (AvgIpc) is 3.10. The number of tetrazole rings is 1. The van der Waals surface area contributed by atoms with Crippen LogP contribution < -0.4 is 5.32 Å². The largest absolute Gasteiger partial charge is 0.293 e. The van der Waals surface area contributed by atoms with Gasteiger partial charge < -0.3 is 0 Å². The first-order chi connectivity index (χ1) is 13.4. The molecule has 10 heteroatoms. The molecule has 0 saturated heterocycles. The van der Waals surface area contributed by atoms with Crippen LogP contribution in [0.1, 0.15) is 23.6 Å². The van der Waals surface area contributed by atoms with Crippen LogP contribution in [0.4, 0.5) is 5.95 Å². The Morgan fingerprint density at radius 3 is 2.18 bits per heavy atom. The van der Waals surface area contributed by atoms with Crippen LogP contribution in [-0.4, -0.2) is 47.4 Å². The SMILES string of the molecule is CS(=O)(=O)OCCC(=O)Nc1nnnn1C(c1ccccc1)c1ccccc1. The third kappa shape index (κ3) is 5.21. The molecule has 0 aliphatic carbocycles. The molecule has 0 spiro atoms. The van der Waals surface area contributed by atoms with Gasteiger partial charge in [0.25, 0.3) is 10.1 Å². The molecule has 3 rings (SSSR count). The molecule has 28 heavy (non-hydrogen) atoms. The van der Waals surface area contributed by atoms with Crippen LogP contribution in [0, 0.1) is 0 Å². The van der Waals surface area contributed by atoms with Crippen molar-refractivity contribution in [3.63, 3.8) is 0 Å². The number of benzene rings is 2. The Kier molecular flexibility index (Phi) is 6.12. The van der Waals surface area contributed by atoms with Crippen LogP contribution in [0.25, 0.3) is 0 Å². The maximum absolute atomic E-state index is 12.1. The minimum Gasteiger partial charge on any atom is -0.293 e. The summed E-state index contributed by atoms with van der Waals surface area (Å²) in [5.41, 5.74) is 1.88. The van der Waals surface area contributed by atoms with Crippen LogP contribution in [0.3, 0.4) is 0 Å². The molecule has 3 aromatic rings. The van der Waals surface area contributed by atoms with Gasteiger partial charge in [0.2, 0.25) is 11.9 Å². The van der Waals surface area contributed by atoms with Crippen molar-refractivity contribution >= 4 is 22.0 Å². The van der Waals surface area contributed by atoms with Gasteiger partial charge >= 0.3 is 0 Å². The molecule has 1 heterocycles. The zero-order valence-corrected chi connectivity index (χ0v) is 15.9. The molecule has 0 aliphatic rings. The monoisotopic (exact) mass is 401 g/mol. The van der Waals surface area contributed by atoms with E-state index >= 15 is 0 Å². The highest BCUT2D eigenvalue weighted by molar-refractivity contribution is 7.85. The van der Waals surface area contributed by atoms with Gasteiger partial charge in [-0.3, -0.25) is 14.3 Å². The average molecular weight is 401 g/mol. The number of aromatic nitrogens is 4. The lowest BCUT2D eigenvalue weighted by atomic mass is 9.99. The molecule has 0 unspecified atom stereocenters. The van der Waals surface area contributed by atoms with Crippen molar-refractivity contribution in [3.05, 3.63) is 71.8 Å². The van der Waals surface area contributed by atoms with Crippen LogP contribution in [0.15, 0.2) is 60.7 Å². The number of hydrogen-bond donors (Lipinski definition) is 1. The van der Waals surface area contributed by atoms with Gasteiger partial charge in [0.05, 0.1) is 19.3 Å². The lowest BCUT2D eigenvalue weighted by molar-refractivity contribution is -0.116. The Morgan fingerprint density at radius 1 is 1.07 bits per heavy atom. The quantitative estimate of drug-likeness (QED) is 0.570. The first-order valence-electron chi connectivity index (χ1n) is 8.46. The van der Waals surface area contributed by atoms with E-state index in [1.54, 1.807) is 0 Å². The highest BCUT2D eigenvalue weighted by Gasteiger charge is 2.22. The second kappa shape index (κ2) is 8.72. The maximum Gasteiger partial charge on any atom is 0.264 e. The topological polar surface area (TPSA) is 116 Å². The van der Waals surface area contributed by atoms with Crippen molar-refractivity contribution in [1.82, 2.24) is 20.2 Å². The second-order valence-electron chi connectivity index (χ2n) is 6.00. The minimum absolute atomic E-state index is 0.152. The van der Waals surface area contributed by atoms with Gasteiger partial charge in [0, 0.05) is 0 Å². The number of anilines is 1.